The summed E-state index contributed by atoms with van der Waals surface area (Å²) in [6.45, 7) is 0. The Morgan fingerprint density at radius 1 is 1.07 bits per heavy atom. The molecule has 8 heteroatoms. The molecule has 0 saturated heterocycles. The Balaban J connectivity index is 1.83. The smallest absolute Gasteiger partial charge is 0.297 e. The minimum absolute atomic E-state index is 0.0360. The lowest BCUT2D eigenvalue weighted by Gasteiger charge is -2.22. The lowest BCUT2D eigenvalue weighted by atomic mass is 9.99. The van der Waals surface area contributed by atoms with Crippen LogP contribution in [0.15, 0.2) is 63.3 Å². The third kappa shape index (κ3) is 2.39. The monoisotopic (exact) mass is 395 g/mol. The molecule has 0 bridgehead atoms. The van der Waals surface area contributed by atoms with Crippen LogP contribution < -0.4 is 10.3 Å². The number of nitrogens with zero attached hydrogens (tertiary/aromatic N) is 3. The van der Waals surface area contributed by atoms with Crippen LogP contribution in [0.25, 0.3) is 11.0 Å². The largest absolute Gasteiger partial charge is 0.450 e. The average Bonchev–Trinajstić information content (AvgIpc) is 3.30. The topological polar surface area (TPSA) is 76.3 Å². The number of anilines is 1. The van der Waals surface area contributed by atoms with Gasteiger partial charge >= 0.3 is 0 Å². The standard InChI is InChI=1S/C19H10ClN3O3S/c20-11-7-5-10(6-8-11)15-14-16(24)12-3-1-2-4-13(12)26-17(14)18(25)23(15)19-22-21-9-27-19/h1-9,15H. The molecule has 2 aromatic heterocycles. The van der Waals surface area contributed by atoms with E-state index < -0.39 is 11.9 Å². The van der Waals surface area contributed by atoms with Crippen molar-refractivity contribution in [3.05, 3.63) is 86.2 Å². The second kappa shape index (κ2) is 6.00. The Labute approximate surface area is 161 Å². The van der Waals surface area contributed by atoms with E-state index in [9.17, 15) is 9.59 Å². The first-order chi connectivity index (χ1) is 13.1. The molecule has 1 amide bonds. The second-order valence-electron chi connectivity index (χ2n) is 6.02. The third-order valence-electron chi connectivity index (χ3n) is 4.52. The fourth-order valence-corrected chi connectivity index (χ4v) is 4.06. The molecule has 1 aliphatic heterocycles. The van der Waals surface area contributed by atoms with E-state index in [1.54, 1.807) is 48.5 Å². The zero-order valence-electron chi connectivity index (χ0n) is 13.6. The summed E-state index contributed by atoms with van der Waals surface area (Å²) in [4.78, 5) is 27.8. The van der Waals surface area contributed by atoms with Gasteiger partial charge in [-0.05, 0) is 29.8 Å². The van der Waals surface area contributed by atoms with E-state index in [1.807, 2.05) is 0 Å². The molecule has 0 fully saturated rings. The molecule has 4 aromatic rings. The first kappa shape index (κ1) is 16.2. The quantitative estimate of drug-likeness (QED) is 0.511. The van der Waals surface area contributed by atoms with E-state index in [0.717, 1.165) is 5.56 Å². The van der Waals surface area contributed by atoms with Crippen molar-refractivity contribution in [2.75, 3.05) is 4.90 Å². The van der Waals surface area contributed by atoms with Gasteiger partial charge in [-0.3, -0.25) is 14.5 Å². The fourth-order valence-electron chi connectivity index (χ4n) is 3.35. The Bertz CT molecular complexity index is 1240. The normalized spacial score (nSPS) is 16.1. The molecule has 1 aliphatic rings. The van der Waals surface area contributed by atoms with Crippen LogP contribution in [0, 0.1) is 0 Å². The highest BCUT2D eigenvalue weighted by Crippen LogP contribution is 2.41. The number of hydrogen-bond donors (Lipinski definition) is 0. The van der Waals surface area contributed by atoms with Crippen molar-refractivity contribution in [1.82, 2.24) is 10.2 Å². The molecule has 0 saturated carbocycles. The first-order valence-electron chi connectivity index (χ1n) is 8.06. The predicted molar refractivity (Wildman–Crippen MR) is 102 cm³/mol. The van der Waals surface area contributed by atoms with Gasteiger partial charge in [0, 0.05) is 5.02 Å². The van der Waals surface area contributed by atoms with Gasteiger partial charge in [-0.1, -0.05) is 47.2 Å². The second-order valence-corrected chi connectivity index (χ2v) is 7.27. The van der Waals surface area contributed by atoms with Gasteiger partial charge in [0.15, 0.2) is 5.43 Å². The van der Waals surface area contributed by atoms with Crippen molar-refractivity contribution < 1.29 is 9.21 Å². The van der Waals surface area contributed by atoms with E-state index in [4.69, 9.17) is 16.0 Å². The number of halogens is 1. The molecule has 132 valence electrons. The van der Waals surface area contributed by atoms with Crippen LogP contribution in [0.4, 0.5) is 5.13 Å². The number of para-hydroxylation sites is 1. The molecule has 27 heavy (non-hydrogen) atoms. The Hall–Kier alpha value is -3.03. The summed E-state index contributed by atoms with van der Waals surface area (Å²) in [6.07, 6.45) is 0. The maximum Gasteiger partial charge on any atom is 0.297 e. The van der Waals surface area contributed by atoms with E-state index in [0.29, 0.717) is 26.7 Å². The fraction of sp³-hybridized carbons (Fsp3) is 0.0526. The first-order valence-corrected chi connectivity index (χ1v) is 9.32. The van der Waals surface area contributed by atoms with Crippen LogP contribution in [-0.2, 0) is 0 Å². The van der Waals surface area contributed by atoms with Gasteiger partial charge in [-0.2, -0.15) is 0 Å². The molecule has 5 rings (SSSR count). The van der Waals surface area contributed by atoms with Gasteiger partial charge in [0.1, 0.15) is 11.1 Å². The van der Waals surface area contributed by atoms with Gasteiger partial charge in [0.05, 0.1) is 17.0 Å². The molecule has 0 spiro atoms. The summed E-state index contributed by atoms with van der Waals surface area (Å²) in [7, 11) is 0. The summed E-state index contributed by atoms with van der Waals surface area (Å²) in [5.41, 5.74) is 2.73. The number of carbonyl (C=O) groups is 1. The van der Waals surface area contributed by atoms with Crippen molar-refractivity contribution >= 4 is 44.9 Å². The van der Waals surface area contributed by atoms with Crippen LogP contribution >= 0.6 is 22.9 Å². The molecular weight excluding hydrogens is 386 g/mol. The number of benzene rings is 2. The maximum atomic E-state index is 13.2. The number of amides is 1. The molecule has 3 heterocycles. The highest BCUT2D eigenvalue weighted by Gasteiger charge is 2.44. The summed E-state index contributed by atoms with van der Waals surface area (Å²) in [5.74, 6) is -0.376. The van der Waals surface area contributed by atoms with Crippen LogP contribution in [0.5, 0.6) is 0 Å². The maximum absolute atomic E-state index is 13.2. The summed E-state index contributed by atoms with van der Waals surface area (Å²) < 4.78 is 5.84. The highest BCUT2D eigenvalue weighted by atomic mass is 35.5. The molecule has 1 atom stereocenters. The van der Waals surface area contributed by atoms with Gasteiger partial charge in [0.2, 0.25) is 10.9 Å². The van der Waals surface area contributed by atoms with Crippen molar-refractivity contribution in [3.8, 4) is 0 Å². The molecule has 0 radical (unpaired) electrons. The van der Waals surface area contributed by atoms with E-state index in [1.165, 1.54) is 21.7 Å². The van der Waals surface area contributed by atoms with Gasteiger partial charge in [-0.15, -0.1) is 10.2 Å². The Morgan fingerprint density at radius 3 is 2.59 bits per heavy atom. The zero-order chi connectivity index (χ0) is 18.5. The zero-order valence-corrected chi connectivity index (χ0v) is 15.2. The van der Waals surface area contributed by atoms with Crippen LogP contribution in [0.2, 0.25) is 5.02 Å². The number of hydrogen-bond acceptors (Lipinski definition) is 6. The molecule has 2 aromatic carbocycles. The lowest BCUT2D eigenvalue weighted by Crippen LogP contribution is -2.29. The molecule has 0 N–H and O–H groups in total. The van der Waals surface area contributed by atoms with Crippen LogP contribution in [0.3, 0.4) is 0 Å². The molecular formula is C19H10ClN3O3S. The number of aromatic nitrogens is 2. The predicted octanol–water partition coefficient (Wildman–Crippen LogP) is 4.05. The van der Waals surface area contributed by atoms with Crippen LogP contribution in [-0.4, -0.2) is 16.1 Å². The van der Waals surface area contributed by atoms with Crippen molar-refractivity contribution in [2.24, 2.45) is 0 Å². The van der Waals surface area contributed by atoms with Crippen LogP contribution in [0.1, 0.15) is 27.7 Å². The van der Waals surface area contributed by atoms with Crippen molar-refractivity contribution in [3.63, 3.8) is 0 Å². The van der Waals surface area contributed by atoms with Gasteiger partial charge < -0.3 is 4.42 Å². The SMILES string of the molecule is O=C1c2oc3ccccc3c(=O)c2C(c2ccc(Cl)cc2)N1c1nncs1. The lowest BCUT2D eigenvalue weighted by molar-refractivity contribution is 0.0970. The minimum Gasteiger partial charge on any atom is -0.450 e. The molecule has 0 aliphatic carbocycles. The third-order valence-corrected chi connectivity index (χ3v) is 5.46. The van der Waals surface area contributed by atoms with Gasteiger partial charge in [-0.25, -0.2) is 0 Å². The highest BCUT2D eigenvalue weighted by molar-refractivity contribution is 7.13. The Kier molecular flexibility index (Phi) is 3.60. The van der Waals surface area contributed by atoms with Crippen molar-refractivity contribution in [2.45, 2.75) is 6.04 Å². The van der Waals surface area contributed by atoms with E-state index in [2.05, 4.69) is 10.2 Å². The molecule has 1 unspecified atom stereocenters. The molecule has 6 nitrogen and oxygen atoms in total. The van der Waals surface area contributed by atoms with Gasteiger partial charge in [0.25, 0.3) is 5.91 Å². The summed E-state index contributed by atoms with van der Waals surface area (Å²) in [5, 5.41) is 9.25. The average molecular weight is 396 g/mol. The van der Waals surface area contributed by atoms with Crippen molar-refractivity contribution in [1.29, 1.82) is 0 Å². The number of fused-ring (bicyclic) bond motifs is 2. The summed E-state index contributed by atoms with van der Waals surface area (Å²) >= 11 is 7.23. The minimum atomic E-state index is -0.654. The number of carbonyl (C=O) groups excluding carboxylic acids is 1. The Morgan fingerprint density at radius 2 is 1.85 bits per heavy atom. The number of rotatable bonds is 2. The van der Waals surface area contributed by atoms with E-state index in [-0.39, 0.29) is 11.2 Å². The van der Waals surface area contributed by atoms with E-state index >= 15 is 0 Å². The summed E-state index contributed by atoms with van der Waals surface area (Å²) in [6, 6.07) is 13.3.